The molecule has 0 aromatic heterocycles. The van der Waals surface area contributed by atoms with Crippen LogP contribution in [0, 0.1) is 5.92 Å². The zero-order valence-electron chi connectivity index (χ0n) is 38.0. The van der Waals surface area contributed by atoms with E-state index in [4.69, 9.17) is 40.9 Å². The summed E-state index contributed by atoms with van der Waals surface area (Å²) in [5.74, 6) is -10.3. The molecule has 0 saturated carbocycles. The average molecular weight is 992 g/mol. The minimum atomic E-state index is -1.76. The highest BCUT2D eigenvalue weighted by molar-refractivity contribution is 7.80. The molecule has 0 radical (unpaired) electrons. The van der Waals surface area contributed by atoms with Crippen molar-refractivity contribution in [2.24, 2.45) is 34.6 Å². The van der Waals surface area contributed by atoms with Crippen molar-refractivity contribution in [2.45, 2.75) is 120 Å². The van der Waals surface area contributed by atoms with Crippen LogP contribution in [0.15, 0.2) is 30.3 Å². The molecular weight excluding hydrogens is 927 g/mol. The Balaban J connectivity index is 2.33. The first-order chi connectivity index (χ1) is 32.2. The van der Waals surface area contributed by atoms with Crippen molar-refractivity contribution in [1.29, 1.82) is 0 Å². The van der Waals surface area contributed by atoms with Gasteiger partial charge >= 0.3 is 0 Å². The van der Waals surface area contributed by atoms with Gasteiger partial charge in [-0.2, -0.15) is 12.6 Å². The molecule has 1 aromatic rings. The molecule has 1 aromatic carbocycles. The van der Waals surface area contributed by atoms with E-state index in [1.54, 1.807) is 44.2 Å². The fourth-order valence-electron chi connectivity index (χ4n) is 6.96. The lowest BCUT2D eigenvalue weighted by atomic mass is 9.96. The number of benzene rings is 1. The van der Waals surface area contributed by atoms with E-state index in [2.05, 4.69) is 49.8 Å². The number of nitrogens with two attached hydrogens (primary N) is 5. The Morgan fingerprint density at radius 3 is 1.91 bits per heavy atom. The molecule has 0 spiro atoms. The maximum atomic E-state index is 14.0. The number of thiocarbonyl (C=S) groups is 1. The average Bonchev–Trinajstić information content (AvgIpc) is 3.81. The summed E-state index contributed by atoms with van der Waals surface area (Å²) in [4.78, 5) is 145. The third-order valence-electron chi connectivity index (χ3n) is 10.9. The molecule has 0 bridgehead atoms. The molecule has 1 saturated heterocycles. The topological polar surface area (TPSA) is 405 Å². The van der Waals surface area contributed by atoms with E-state index in [0.29, 0.717) is 24.8 Å². The normalized spacial score (nSPS) is 16.7. The van der Waals surface area contributed by atoms with E-state index >= 15 is 0 Å². The van der Waals surface area contributed by atoms with Crippen LogP contribution in [-0.4, -0.2) is 149 Å². The number of amides is 11. The van der Waals surface area contributed by atoms with Crippen LogP contribution in [0.25, 0.3) is 0 Å². The van der Waals surface area contributed by atoms with Gasteiger partial charge in [-0.3, -0.25) is 52.7 Å². The van der Waals surface area contributed by atoms with Crippen LogP contribution in [0.2, 0.25) is 0 Å². The van der Waals surface area contributed by atoms with Crippen LogP contribution in [0.4, 0.5) is 0 Å². The maximum Gasteiger partial charge on any atom is 0.246 e. The molecule has 24 nitrogen and oxygen atoms in total. The van der Waals surface area contributed by atoms with E-state index in [0.717, 1.165) is 5.37 Å². The fraction of sp³-hybridized carbons (Fsp3) is 0.571. The Hall–Kier alpha value is -6.25. The summed E-state index contributed by atoms with van der Waals surface area (Å²) in [5, 5.41) is 18.4. The number of nitrogens with one attached hydrogen (secondary N) is 7. The van der Waals surface area contributed by atoms with E-state index < -0.39 is 145 Å². The first-order valence-electron chi connectivity index (χ1n) is 22.0. The summed E-state index contributed by atoms with van der Waals surface area (Å²) in [6.07, 6.45) is -0.321. The van der Waals surface area contributed by atoms with Crippen molar-refractivity contribution in [3.05, 3.63) is 35.9 Å². The summed E-state index contributed by atoms with van der Waals surface area (Å²) >= 11 is 9.02. The predicted octanol–water partition coefficient (Wildman–Crippen LogP) is -5.09. The molecule has 9 atom stereocenters. The first kappa shape index (κ1) is 57.9. The number of rotatable bonds is 30. The molecule has 17 N–H and O–H groups in total. The van der Waals surface area contributed by atoms with Crippen molar-refractivity contribution in [1.82, 2.24) is 42.1 Å². The van der Waals surface area contributed by atoms with Crippen LogP contribution in [-0.2, 0) is 59.2 Å². The summed E-state index contributed by atoms with van der Waals surface area (Å²) in [6, 6.07) is -2.10. The van der Waals surface area contributed by atoms with Gasteiger partial charge in [0.15, 0.2) is 0 Å². The second kappa shape index (κ2) is 29.5. The highest BCUT2D eigenvalue weighted by atomic mass is 32.1. The van der Waals surface area contributed by atoms with E-state index in [1.165, 1.54) is 4.90 Å². The molecule has 2 rings (SSSR count). The van der Waals surface area contributed by atoms with Crippen LogP contribution in [0.5, 0.6) is 0 Å². The number of nitrogens with zero attached hydrogens (tertiary/aromatic N) is 1. The molecule has 68 heavy (non-hydrogen) atoms. The number of carbonyl (C=O) groups is 11. The minimum Gasteiger partial charge on any atom is -0.370 e. The third-order valence-corrected chi connectivity index (χ3v) is 11.6. The quantitative estimate of drug-likeness (QED) is 0.0254. The Labute approximate surface area is 404 Å². The smallest absolute Gasteiger partial charge is 0.246 e. The monoisotopic (exact) mass is 991 g/mol. The van der Waals surface area contributed by atoms with E-state index in [1.807, 2.05) is 0 Å². The Kier molecular flexibility index (Phi) is 25.1. The van der Waals surface area contributed by atoms with Gasteiger partial charge < -0.3 is 70.8 Å². The lowest BCUT2D eigenvalue weighted by Gasteiger charge is -2.30. The van der Waals surface area contributed by atoms with Gasteiger partial charge in [-0.25, -0.2) is 0 Å². The largest absolute Gasteiger partial charge is 0.370 e. The van der Waals surface area contributed by atoms with Gasteiger partial charge in [0, 0.05) is 30.5 Å². The van der Waals surface area contributed by atoms with E-state index in [-0.39, 0.29) is 38.1 Å². The summed E-state index contributed by atoms with van der Waals surface area (Å²) in [6.45, 7) is 3.17. The lowest BCUT2D eigenvalue weighted by molar-refractivity contribution is -0.142. The van der Waals surface area contributed by atoms with Gasteiger partial charge in [-0.15, -0.1) is 0 Å². The zero-order chi connectivity index (χ0) is 51.1. The molecule has 11 amide bonds. The molecule has 1 fully saturated rings. The van der Waals surface area contributed by atoms with Crippen molar-refractivity contribution >= 4 is 95.2 Å². The number of primary amides is 3. The summed E-state index contributed by atoms with van der Waals surface area (Å²) in [7, 11) is 0. The number of hydrogen-bond donors (Lipinski definition) is 13. The molecule has 0 aliphatic carbocycles. The van der Waals surface area contributed by atoms with Crippen molar-refractivity contribution < 1.29 is 52.7 Å². The van der Waals surface area contributed by atoms with Gasteiger partial charge in [0.05, 0.1) is 13.0 Å². The van der Waals surface area contributed by atoms with Crippen LogP contribution >= 0.6 is 24.8 Å². The minimum absolute atomic E-state index is 0.00504. The Morgan fingerprint density at radius 1 is 0.750 bits per heavy atom. The zero-order valence-corrected chi connectivity index (χ0v) is 39.7. The maximum absolute atomic E-state index is 14.0. The molecule has 1 aliphatic rings. The van der Waals surface area contributed by atoms with Gasteiger partial charge in [0.2, 0.25) is 65.0 Å². The Morgan fingerprint density at radius 2 is 1.34 bits per heavy atom. The molecule has 9 unspecified atom stereocenters. The third kappa shape index (κ3) is 19.2. The molecule has 376 valence electrons. The number of likely N-dealkylation sites (tertiary alicyclic amines) is 1. The lowest BCUT2D eigenvalue weighted by Crippen LogP contribution is -2.61. The van der Waals surface area contributed by atoms with Crippen LogP contribution < -0.4 is 65.9 Å². The van der Waals surface area contributed by atoms with Gasteiger partial charge in [0.1, 0.15) is 48.3 Å². The van der Waals surface area contributed by atoms with Crippen LogP contribution in [0.1, 0.15) is 70.8 Å². The first-order valence-corrected chi connectivity index (χ1v) is 23.1. The SMILES string of the molecule is CCC(C)C(NC(=O)C(Cc1ccccc1)NC(=O)C(N)C=S)C(=O)NC(CCC(N)=O)C(=O)NC(CC(N)=O)C(=O)NC(CS)C(=O)N1CCCC1C(=O)NC(CCCN)C(=O)NCC(N)=O. The highest BCUT2D eigenvalue weighted by Crippen LogP contribution is 2.20. The second-order valence-corrected chi connectivity index (χ2v) is 16.8. The predicted molar refractivity (Wildman–Crippen MR) is 254 cm³/mol. The molecular formula is C42H65N13O11S2. The number of hydrogen-bond acceptors (Lipinski definition) is 15. The molecule has 26 heteroatoms. The molecule has 1 heterocycles. The van der Waals surface area contributed by atoms with Crippen molar-refractivity contribution in [2.75, 3.05) is 25.4 Å². The van der Waals surface area contributed by atoms with Gasteiger partial charge in [0.25, 0.3) is 0 Å². The standard InChI is InChI=1S/C42H65N13O11S2/c1-3-22(2)34(54-39(63)27(51-35(59)24(44)20-67)17-23-9-5-4-6-10-23)41(65)50-26(13-14-31(45)56)37(61)52-28(18-32(46)57)38(62)53-29(21-68)42(66)55-16-8-12-30(55)40(64)49-25(11-7-15-43)36(60)48-19-33(47)58/h4-6,9-10,20,22,24-30,34,68H,3,7-8,11-19,21,43-44H2,1-2H3,(H2,45,56)(H2,46,57)(H2,47,58)(H,48,60)(H,49,64)(H,50,65)(H,51,59)(H,52,61)(H,53,62)(H,54,63). The fourth-order valence-corrected chi connectivity index (χ4v) is 7.33. The summed E-state index contributed by atoms with van der Waals surface area (Å²) in [5.41, 5.74) is 28.0. The van der Waals surface area contributed by atoms with Gasteiger partial charge in [-0.1, -0.05) is 62.8 Å². The van der Waals surface area contributed by atoms with Crippen molar-refractivity contribution in [3.63, 3.8) is 0 Å². The van der Waals surface area contributed by atoms with Gasteiger partial charge in [-0.05, 0) is 50.1 Å². The van der Waals surface area contributed by atoms with Crippen molar-refractivity contribution in [3.8, 4) is 0 Å². The van der Waals surface area contributed by atoms with Crippen LogP contribution in [0.3, 0.4) is 0 Å². The number of carbonyl (C=O) groups excluding carboxylic acids is 11. The Bertz CT molecular complexity index is 1980. The summed E-state index contributed by atoms with van der Waals surface area (Å²) < 4.78 is 0. The number of thiol groups is 1. The highest BCUT2D eigenvalue weighted by Gasteiger charge is 2.40. The molecule has 1 aliphatic heterocycles. The second-order valence-electron chi connectivity index (χ2n) is 16.2. The van der Waals surface area contributed by atoms with E-state index in [9.17, 15) is 52.7 Å².